The second kappa shape index (κ2) is 10.7. The number of Topliss-reactive ketones (excluding diaryl/α,β-unsaturated/α-hetero) is 1. The molecule has 2 saturated heterocycles. The molecule has 202 valence electrons. The smallest absolute Gasteiger partial charge is 0.356 e. The Morgan fingerprint density at radius 3 is 2.42 bits per heavy atom. The zero-order chi connectivity index (χ0) is 26.8. The summed E-state index contributed by atoms with van der Waals surface area (Å²) in [5, 5.41) is 7.66. The first-order valence-electron chi connectivity index (χ1n) is 12.1. The molecule has 0 aromatic heterocycles. The number of likely N-dealkylation sites (tertiary alicyclic amines) is 1. The van der Waals surface area contributed by atoms with Gasteiger partial charge >= 0.3 is 18.2 Å². The lowest BCUT2D eigenvalue weighted by Gasteiger charge is -2.30. The number of fused-ring (bicyclic) bond motifs is 1. The summed E-state index contributed by atoms with van der Waals surface area (Å²) in [5.41, 5.74) is -0.683. The summed E-state index contributed by atoms with van der Waals surface area (Å²) in [7, 11) is 0. The van der Waals surface area contributed by atoms with E-state index in [2.05, 4.69) is 20.7 Å². The minimum absolute atomic E-state index is 0.00420. The summed E-state index contributed by atoms with van der Waals surface area (Å²) in [4.78, 5) is 64.8. The molecule has 3 N–H and O–H groups in total. The molecule has 5 atom stereocenters. The Morgan fingerprint density at radius 2 is 1.83 bits per heavy atom. The number of halogens is 3. The SMILES string of the molecule is CC(C)(C)NC(=O)C(=O)N1C[C@@H]2CCC[C@@H]2[C@H]1C(=O)N[C@H](C[C@@H]1CCNC1=O)C(=O)COC(F)(F)F. The molecule has 0 radical (unpaired) electrons. The van der Waals surface area contributed by atoms with Gasteiger partial charge in [0.25, 0.3) is 0 Å². The van der Waals surface area contributed by atoms with Crippen molar-refractivity contribution in [2.45, 2.75) is 76.9 Å². The highest BCUT2D eigenvalue weighted by Gasteiger charge is 2.51. The molecule has 36 heavy (non-hydrogen) atoms. The number of carbonyl (C=O) groups is 5. The number of amides is 4. The normalized spacial score (nSPS) is 26.8. The predicted molar refractivity (Wildman–Crippen MR) is 119 cm³/mol. The van der Waals surface area contributed by atoms with E-state index in [1.54, 1.807) is 20.8 Å². The van der Waals surface area contributed by atoms with Crippen LogP contribution in [0.3, 0.4) is 0 Å². The third kappa shape index (κ3) is 6.95. The van der Waals surface area contributed by atoms with Crippen molar-refractivity contribution in [3.8, 4) is 0 Å². The van der Waals surface area contributed by atoms with E-state index in [9.17, 15) is 37.1 Å². The molecule has 4 amide bonds. The van der Waals surface area contributed by atoms with Crippen molar-refractivity contribution in [1.29, 1.82) is 0 Å². The fourth-order valence-corrected chi connectivity index (χ4v) is 5.31. The van der Waals surface area contributed by atoms with Gasteiger partial charge in [0.05, 0.1) is 6.04 Å². The highest BCUT2D eigenvalue weighted by atomic mass is 19.4. The summed E-state index contributed by atoms with van der Waals surface area (Å²) >= 11 is 0. The molecule has 0 bridgehead atoms. The largest absolute Gasteiger partial charge is 0.522 e. The van der Waals surface area contributed by atoms with Gasteiger partial charge in [-0.3, -0.25) is 28.7 Å². The lowest BCUT2D eigenvalue weighted by atomic mass is 9.92. The Bertz CT molecular complexity index is 903. The van der Waals surface area contributed by atoms with E-state index in [0.29, 0.717) is 19.4 Å². The number of hydrogen-bond acceptors (Lipinski definition) is 6. The predicted octanol–water partition coefficient (Wildman–Crippen LogP) is 0.645. The molecule has 0 spiro atoms. The van der Waals surface area contributed by atoms with Crippen LogP contribution in [0.4, 0.5) is 13.2 Å². The van der Waals surface area contributed by atoms with E-state index in [4.69, 9.17) is 0 Å². The van der Waals surface area contributed by atoms with Gasteiger partial charge < -0.3 is 20.9 Å². The van der Waals surface area contributed by atoms with Gasteiger partial charge in [-0.2, -0.15) is 0 Å². The molecule has 0 aromatic carbocycles. The van der Waals surface area contributed by atoms with Crippen LogP contribution < -0.4 is 16.0 Å². The minimum Gasteiger partial charge on any atom is -0.356 e. The first-order chi connectivity index (χ1) is 16.7. The summed E-state index contributed by atoms with van der Waals surface area (Å²) in [5.74, 6) is -4.78. The lowest BCUT2D eigenvalue weighted by molar-refractivity contribution is -0.321. The minimum atomic E-state index is -5.04. The summed E-state index contributed by atoms with van der Waals surface area (Å²) < 4.78 is 41.2. The van der Waals surface area contributed by atoms with Crippen LogP contribution in [0.25, 0.3) is 0 Å². The molecule has 3 aliphatic rings. The maximum atomic E-state index is 13.4. The first-order valence-corrected chi connectivity index (χ1v) is 12.1. The number of nitrogens with zero attached hydrogens (tertiary/aromatic N) is 1. The van der Waals surface area contributed by atoms with Crippen LogP contribution in [0.15, 0.2) is 0 Å². The van der Waals surface area contributed by atoms with Crippen LogP contribution in [0, 0.1) is 17.8 Å². The molecule has 1 saturated carbocycles. The number of hydrogen-bond donors (Lipinski definition) is 3. The van der Waals surface area contributed by atoms with E-state index in [1.807, 2.05) is 0 Å². The van der Waals surface area contributed by atoms with Crippen molar-refractivity contribution in [3.63, 3.8) is 0 Å². The molecule has 13 heteroatoms. The summed E-state index contributed by atoms with van der Waals surface area (Å²) in [6.45, 7) is 4.35. The molecule has 10 nitrogen and oxygen atoms in total. The van der Waals surface area contributed by atoms with E-state index in [0.717, 1.165) is 12.8 Å². The Hall–Kier alpha value is -2.70. The zero-order valence-corrected chi connectivity index (χ0v) is 20.6. The molecule has 0 unspecified atom stereocenters. The maximum absolute atomic E-state index is 13.4. The highest BCUT2D eigenvalue weighted by molar-refractivity contribution is 6.35. The van der Waals surface area contributed by atoms with Gasteiger partial charge in [-0.05, 0) is 58.3 Å². The molecule has 1 aliphatic carbocycles. The Kier molecular flexibility index (Phi) is 8.31. The summed E-state index contributed by atoms with van der Waals surface area (Å²) in [6.07, 6.45) is -2.64. The maximum Gasteiger partial charge on any atom is 0.522 e. The van der Waals surface area contributed by atoms with Crippen molar-refractivity contribution in [1.82, 2.24) is 20.9 Å². The number of alkyl halides is 3. The molecule has 2 aliphatic heterocycles. The number of ketones is 1. The van der Waals surface area contributed by atoms with Crippen molar-refractivity contribution in [3.05, 3.63) is 0 Å². The number of nitrogens with one attached hydrogen (secondary N) is 3. The van der Waals surface area contributed by atoms with Gasteiger partial charge in [-0.15, -0.1) is 13.2 Å². The molecule has 3 fully saturated rings. The second-order valence-electron chi connectivity index (χ2n) is 10.7. The highest BCUT2D eigenvalue weighted by Crippen LogP contribution is 2.42. The third-order valence-electron chi connectivity index (χ3n) is 6.87. The van der Waals surface area contributed by atoms with Crippen LogP contribution in [0.5, 0.6) is 0 Å². The third-order valence-corrected chi connectivity index (χ3v) is 6.87. The van der Waals surface area contributed by atoms with Crippen LogP contribution in [0.2, 0.25) is 0 Å². The van der Waals surface area contributed by atoms with E-state index >= 15 is 0 Å². The van der Waals surface area contributed by atoms with E-state index in [-0.39, 0.29) is 30.7 Å². The molecular formula is C23H33F3N4O6. The average Bonchev–Trinajstić information content (AvgIpc) is 3.45. The summed E-state index contributed by atoms with van der Waals surface area (Å²) in [6, 6.07) is -2.47. The average molecular weight is 519 g/mol. The van der Waals surface area contributed by atoms with Crippen LogP contribution in [-0.4, -0.2) is 78.0 Å². The molecule has 0 aromatic rings. The Morgan fingerprint density at radius 1 is 1.14 bits per heavy atom. The van der Waals surface area contributed by atoms with Gasteiger partial charge in [0.15, 0.2) is 5.78 Å². The van der Waals surface area contributed by atoms with E-state index in [1.165, 1.54) is 4.90 Å². The Labute approximate surface area is 207 Å². The van der Waals surface area contributed by atoms with Gasteiger partial charge in [0, 0.05) is 24.5 Å². The van der Waals surface area contributed by atoms with Crippen molar-refractivity contribution < 1.29 is 41.9 Å². The molecule has 3 rings (SSSR count). The van der Waals surface area contributed by atoms with Gasteiger partial charge in [-0.1, -0.05) is 6.42 Å². The fraction of sp³-hybridized carbons (Fsp3) is 0.783. The van der Waals surface area contributed by atoms with Crippen LogP contribution >= 0.6 is 0 Å². The second-order valence-corrected chi connectivity index (χ2v) is 10.7. The van der Waals surface area contributed by atoms with Gasteiger partial charge in [0.2, 0.25) is 11.8 Å². The van der Waals surface area contributed by atoms with Crippen molar-refractivity contribution in [2.24, 2.45) is 17.8 Å². The Balaban J connectivity index is 1.78. The standard InChI is InChI=1S/C23H33F3N4O6/c1-22(2,3)29-20(34)21(35)30-10-13-5-4-6-14(13)17(30)19(33)28-15(9-12-7-8-27-18(12)32)16(31)11-36-23(24,25)26/h12-15,17H,4-11H2,1-3H3,(H,27,32)(H,28,33)(H,29,34)/t12-,13-,14-,15+,17-/m0/s1. The number of ether oxygens (including phenoxy) is 1. The monoisotopic (exact) mass is 518 g/mol. The van der Waals surface area contributed by atoms with Crippen molar-refractivity contribution >= 4 is 29.4 Å². The number of rotatable bonds is 7. The van der Waals surface area contributed by atoms with Crippen LogP contribution in [0.1, 0.15) is 52.9 Å². The molecular weight excluding hydrogens is 485 g/mol. The van der Waals surface area contributed by atoms with Crippen molar-refractivity contribution in [2.75, 3.05) is 19.7 Å². The quantitative estimate of drug-likeness (QED) is 0.424. The van der Waals surface area contributed by atoms with Gasteiger partial charge in [-0.25, -0.2) is 0 Å². The van der Waals surface area contributed by atoms with Gasteiger partial charge in [0.1, 0.15) is 12.6 Å². The molecule has 2 heterocycles. The lowest BCUT2D eigenvalue weighted by Crippen LogP contribution is -2.57. The topological polar surface area (TPSA) is 134 Å². The fourth-order valence-electron chi connectivity index (χ4n) is 5.31. The van der Waals surface area contributed by atoms with Crippen LogP contribution in [-0.2, 0) is 28.7 Å². The zero-order valence-electron chi connectivity index (χ0n) is 20.6. The number of carbonyl (C=O) groups excluding carboxylic acids is 5. The first kappa shape index (κ1) is 27.9. The van der Waals surface area contributed by atoms with E-state index < -0.39 is 60.0 Å².